The molecule has 1 aromatic heterocycles. The van der Waals surface area contributed by atoms with Crippen LogP contribution in [-0.2, 0) is 14.8 Å². The summed E-state index contributed by atoms with van der Waals surface area (Å²) in [6.45, 7) is 10.9. The summed E-state index contributed by atoms with van der Waals surface area (Å²) >= 11 is 1.31. The normalized spacial score (nSPS) is 13.1. The van der Waals surface area contributed by atoms with Crippen molar-refractivity contribution in [3.63, 3.8) is 0 Å². The number of nitrogens with one attached hydrogen (secondary N) is 1. The van der Waals surface area contributed by atoms with Gasteiger partial charge in [-0.1, -0.05) is 52.3 Å². The molecule has 1 atom stereocenters. The van der Waals surface area contributed by atoms with Crippen LogP contribution in [0.3, 0.4) is 0 Å². The standard InChI is InChI=1S/C19H33N3O3S2/c1-6-22(7-2)27(24,25)17-11-12-19(20-13-17)26-14-18(23)21-16(5)10-8-9-15(3)4/h11-13,15-16H,6-10,14H2,1-5H3,(H,21,23). The van der Waals surface area contributed by atoms with E-state index in [-0.39, 0.29) is 22.6 Å². The van der Waals surface area contributed by atoms with Crippen LogP contribution in [0.15, 0.2) is 28.3 Å². The molecule has 0 fully saturated rings. The second-order valence-electron chi connectivity index (χ2n) is 7.00. The predicted octanol–water partition coefficient (Wildman–Crippen LogP) is 3.54. The summed E-state index contributed by atoms with van der Waals surface area (Å²) < 4.78 is 26.3. The predicted molar refractivity (Wildman–Crippen MR) is 111 cm³/mol. The van der Waals surface area contributed by atoms with E-state index in [9.17, 15) is 13.2 Å². The Bertz CT molecular complexity index is 672. The van der Waals surface area contributed by atoms with Gasteiger partial charge in [-0.05, 0) is 31.4 Å². The van der Waals surface area contributed by atoms with Crippen molar-refractivity contribution in [2.24, 2.45) is 5.92 Å². The maximum Gasteiger partial charge on any atom is 0.244 e. The Morgan fingerprint density at radius 1 is 1.19 bits per heavy atom. The molecule has 6 nitrogen and oxygen atoms in total. The lowest BCUT2D eigenvalue weighted by Gasteiger charge is -2.18. The van der Waals surface area contributed by atoms with Crippen molar-refractivity contribution >= 4 is 27.7 Å². The molecule has 1 rings (SSSR count). The van der Waals surface area contributed by atoms with Crippen LogP contribution in [0.25, 0.3) is 0 Å². The fraction of sp³-hybridized carbons (Fsp3) is 0.684. The molecule has 27 heavy (non-hydrogen) atoms. The molecule has 0 bridgehead atoms. The van der Waals surface area contributed by atoms with Gasteiger partial charge < -0.3 is 5.32 Å². The number of sulfonamides is 1. The third-order valence-electron chi connectivity index (χ3n) is 4.23. The van der Waals surface area contributed by atoms with Crippen LogP contribution in [-0.4, -0.2) is 48.5 Å². The third kappa shape index (κ3) is 8.19. The van der Waals surface area contributed by atoms with Crippen LogP contribution in [0.1, 0.15) is 53.9 Å². The monoisotopic (exact) mass is 415 g/mol. The van der Waals surface area contributed by atoms with Crippen molar-refractivity contribution in [3.8, 4) is 0 Å². The topological polar surface area (TPSA) is 79.4 Å². The first-order valence-electron chi connectivity index (χ1n) is 9.59. The van der Waals surface area contributed by atoms with Gasteiger partial charge in [0.2, 0.25) is 15.9 Å². The van der Waals surface area contributed by atoms with E-state index in [0.29, 0.717) is 24.0 Å². The Morgan fingerprint density at radius 3 is 2.37 bits per heavy atom. The average Bonchev–Trinajstić information content (AvgIpc) is 2.60. The van der Waals surface area contributed by atoms with Crippen molar-refractivity contribution < 1.29 is 13.2 Å². The van der Waals surface area contributed by atoms with Crippen LogP contribution in [0.2, 0.25) is 0 Å². The maximum absolute atomic E-state index is 12.4. The molecule has 1 unspecified atom stereocenters. The average molecular weight is 416 g/mol. The number of carbonyl (C=O) groups excluding carboxylic acids is 1. The van der Waals surface area contributed by atoms with Gasteiger partial charge in [0.15, 0.2) is 0 Å². The molecule has 1 N–H and O–H groups in total. The summed E-state index contributed by atoms with van der Waals surface area (Å²) in [5.74, 6) is 0.922. The lowest BCUT2D eigenvalue weighted by molar-refractivity contribution is -0.119. The highest BCUT2D eigenvalue weighted by molar-refractivity contribution is 7.99. The molecule has 0 saturated heterocycles. The summed E-state index contributed by atoms with van der Waals surface area (Å²) in [6.07, 6.45) is 4.62. The fourth-order valence-electron chi connectivity index (χ4n) is 2.68. The number of nitrogens with zero attached hydrogens (tertiary/aromatic N) is 2. The molecule has 154 valence electrons. The highest BCUT2D eigenvalue weighted by Crippen LogP contribution is 2.19. The van der Waals surface area contributed by atoms with E-state index < -0.39 is 10.0 Å². The summed E-state index contributed by atoms with van der Waals surface area (Å²) in [6, 6.07) is 3.36. The summed E-state index contributed by atoms with van der Waals surface area (Å²) in [7, 11) is -3.50. The molecule has 1 heterocycles. The first kappa shape index (κ1) is 23.9. The number of amides is 1. The summed E-state index contributed by atoms with van der Waals surface area (Å²) in [4.78, 5) is 16.4. The molecule has 0 saturated carbocycles. The smallest absolute Gasteiger partial charge is 0.244 e. The van der Waals surface area contributed by atoms with Crippen LogP contribution in [0, 0.1) is 5.92 Å². The van der Waals surface area contributed by atoms with E-state index in [1.165, 1.54) is 28.7 Å². The van der Waals surface area contributed by atoms with Gasteiger partial charge in [0.25, 0.3) is 0 Å². The van der Waals surface area contributed by atoms with Crippen molar-refractivity contribution in [1.29, 1.82) is 0 Å². The summed E-state index contributed by atoms with van der Waals surface area (Å²) in [5.41, 5.74) is 0. The SMILES string of the molecule is CCN(CC)S(=O)(=O)c1ccc(SCC(=O)NC(C)CCCC(C)C)nc1. The first-order valence-corrected chi connectivity index (χ1v) is 12.0. The molecule has 0 aliphatic carbocycles. The largest absolute Gasteiger partial charge is 0.353 e. The molecular weight excluding hydrogens is 382 g/mol. The molecule has 0 radical (unpaired) electrons. The molecule has 1 amide bonds. The Balaban J connectivity index is 2.51. The van der Waals surface area contributed by atoms with E-state index in [4.69, 9.17) is 0 Å². The van der Waals surface area contributed by atoms with E-state index in [2.05, 4.69) is 24.1 Å². The van der Waals surface area contributed by atoms with E-state index in [1.807, 2.05) is 6.92 Å². The molecule has 0 aromatic carbocycles. The number of pyridine rings is 1. The zero-order chi connectivity index (χ0) is 20.4. The van der Waals surface area contributed by atoms with Crippen LogP contribution in [0.5, 0.6) is 0 Å². The molecule has 8 heteroatoms. The van der Waals surface area contributed by atoms with Gasteiger partial charge in [0, 0.05) is 25.3 Å². The van der Waals surface area contributed by atoms with Crippen LogP contribution >= 0.6 is 11.8 Å². The van der Waals surface area contributed by atoms with Gasteiger partial charge >= 0.3 is 0 Å². The molecule has 0 aliphatic rings. The highest BCUT2D eigenvalue weighted by Gasteiger charge is 2.21. The van der Waals surface area contributed by atoms with Crippen LogP contribution in [0.4, 0.5) is 0 Å². The number of hydrogen-bond acceptors (Lipinski definition) is 5. The lowest BCUT2D eigenvalue weighted by Crippen LogP contribution is -2.33. The van der Waals surface area contributed by atoms with Gasteiger partial charge in [-0.25, -0.2) is 13.4 Å². The summed E-state index contributed by atoms with van der Waals surface area (Å²) in [5, 5.41) is 3.63. The Morgan fingerprint density at radius 2 is 1.85 bits per heavy atom. The minimum Gasteiger partial charge on any atom is -0.353 e. The Labute approximate surface area is 168 Å². The van der Waals surface area contributed by atoms with Crippen molar-refractivity contribution in [1.82, 2.24) is 14.6 Å². The second-order valence-corrected chi connectivity index (χ2v) is 9.94. The number of hydrogen-bond donors (Lipinski definition) is 1. The zero-order valence-corrected chi connectivity index (χ0v) is 18.7. The zero-order valence-electron chi connectivity index (χ0n) is 17.1. The van der Waals surface area contributed by atoms with Crippen LogP contribution < -0.4 is 5.32 Å². The van der Waals surface area contributed by atoms with E-state index in [1.54, 1.807) is 26.0 Å². The Hall–Kier alpha value is -1.12. The van der Waals surface area contributed by atoms with Gasteiger partial charge in [0.1, 0.15) is 4.90 Å². The first-order chi connectivity index (χ1) is 12.7. The maximum atomic E-state index is 12.4. The second kappa shape index (κ2) is 11.7. The quantitative estimate of drug-likeness (QED) is 0.528. The highest BCUT2D eigenvalue weighted by atomic mass is 32.2. The van der Waals surface area contributed by atoms with E-state index in [0.717, 1.165) is 12.8 Å². The minimum absolute atomic E-state index is 0.0290. The fourth-order valence-corrected chi connectivity index (χ4v) is 4.74. The number of thioether (sulfide) groups is 1. The number of aromatic nitrogens is 1. The number of carbonyl (C=O) groups is 1. The third-order valence-corrected chi connectivity index (χ3v) is 7.21. The molecule has 0 aliphatic heterocycles. The molecule has 1 aromatic rings. The van der Waals surface area contributed by atoms with Crippen molar-refractivity contribution in [2.75, 3.05) is 18.8 Å². The van der Waals surface area contributed by atoms with Gasteiger partial charge in [-0.2, -0.15) is 4.31 Å². The van der Waals surface area contributed by atoms with Crippen molar-refractivity contribution in [3.05, 3.63) is 18.3 Å². The lowest BCUT2D eigenvalue weighted by atomic mass is 10.0. The minimum atomic E-state index is -3.50. The van der Waals surface area contributed by atoms with Gasteiger partial charge in [-0.15, -0.1) is 0 Å². The Kier molecular flexibility index (Phi) is 10.3. The molecule has 0 spiro atoms. The van der Waals surface area contributed by atoms with E-state index >= 15 is 0 Å². The molecular formula is C19H33N3O3S2. The van der Waals surface area contributed by atoms with Gasteiger partial charge in [-0.3, -0.25) is 4.79 Å². The number of rotatable bonds is 12. The van der Waals surface area contributed by atoms with Crippen molar-refractivity contribution in [2.45, 2.75) is 69.8 Å². The van der Waals surface area contributed by atoms with Gasteiger partial charge in [0.05, 0.1) is 10.8 Å².